The van der Waals surface area contributed by atoms with E-state index in [1.165, 1.54) is 0 Å². The third kappa shape index (κ3) is 7.25. The first-order chi connectivity index (χ1) is 16.4. The Bertz CT molecular complexity index is 999. The molecule has 0 amide bonds. The molecule has 1 aromatic heterocycles. The van der Waals surface area contributed by atoms with Crippen LogP contribution in [0.15, 0.2) is 23.0 Å². The lowest BCUT2D eigenvalue weighted by molar-refractivity contribution is 0.0357. The highest BCUT2D eigenvalue weighted by atomic mass is 32.1. The van der Waals surface area contributed by atoms with Crippen LogP contribution >= 0.6 is 12.2 Å². The minimum Gasteiger partial charge on any atom is -0.379 e. The number of benzene rings is 1. The summed E-state index contributed by atoms with van der Waals surface area (Å²) in [6.45, 7) is 18.1. The van der Waals surface area contributed by atoms with E-state index >= 15 is 0 Å². The Morgan fingerprint density at radius 1 is 1.15 bits per heavy atom. The van der Waals surface area contributed by atoms with Crippen molar-refractivity contribution in [3.8, 4) is 0 Å². The molecule has 0 atom stereocenters. The second-order valence-electron chi connectivity index (χ2n) is 9.10. The van der Waals surface area contributed by atoms with Crippen molar-refractivity contribution in [3.63, 3.8) is 0 Å². The Morgan fingerprint density at radius 2 is 1.85 bits per heavy atom. The average Bonchev–Trinajstić information content (AvgIpc) is 2.85. The molecule has 8 heteroatoms. The molecule has 0 saturated carbocycles. The molecule has 3 rings (SSSR count). The summed E-state index contributed by atoms with van der Waals surface area (Å²) in [5.74, 6) is 0. The predicted octanol–water partition coefficient (Wildman–Crippen LogP) is 2.89. The average molecular weight is 488 g/mol. The fourth-order valence-electron chi connectivity index (χ4n) is 4.43. The Morgan fingerprint density at radius 3 is 2.56 bits per heavy atom. The van der Waals surface area contributed by atoms with E-state index in [-0.39, 0.29) is 5.56 Å². The van der Waals surface area contributed by atoms with Crippen molar-refractivity contribution in [1.29, 1.82) is 0 Å². The number of H-pyrrole nitrogens is 1. The molecule has 0 aliphatic carbocycles. The van der Waals surface area contributed by atoms with Crippen LogP contribution in [0.3, 0.4) is 0 Å². The first-order valence-corrected chi connectivity index (χ1v) is 13.0. The number of hydrogen-bond acceptors (Lipinski definition) is 5. The van der Waals surface area contributed by atoms with Crippen LogP contribution in [0.2, 0.25) is 0 Å². The van der Waals surface area contributed by atoms with Crippen molar-refractivity contribution < 1.29 is 4.74 Å². The van der Waals surface area contributed by atoms with Gasteiger partial charge in [-0.05, 0) is 69.3 Å². The minimum absolute atomic E-state index is 0.0399. The van der Waals surface area contributed by atoms with E-state index in [9.17, 15) is 4.79 Å². The molecule has 1 aliphatic rings. The van der Waals surface area contributed by atoms with Gasteiger partial charge in [0.2, 0.25) is 0 Å². The smallest absolute Gasteiger partial charge is 0.253 e. The summed E-state index contributed by atoms with van der Waals surface area (Å²) in [5.41, 5.74) is 3.87. The van der Waals surface area contributed by atoms with Gasteiger partial charge >= 0.3 is 0 Å². The van der Waals surface area contributed by atoms with Gasteiger partial charge in [-0.15, -0.1) is 0 Å². The third-order valence-electron chi connectivity index (χ3n) is 6.78. The Balaban J connectivity index is 1.72. The third-order valence-corrected chi connectivity index (χ3v) is 7.18. The Kier molecular flexibility index (Phi) is 10.3. The number of aromatic amines is 1. The molecule has 1 fully saturated rings. The minimum atomic E-state index is -0.0399. The number of nitrogens with zero attached hydrogens (tertiary/aromatic N) is 3. The molecule has 0 radical (unpaired) electrons. The fourth-order valence-corrected chi connectivity index (χ4v) is 4.69. The maximum Gasteiger partial charge on any atom is 0.253 e. The van der Waals surface area contributed by atoms with Gasteiger partial charge in [-0.2, -0.15) is 0 Å². The van der Waals surface area contributed by atoms with Crippen molar-refractivity contribution in [2.75, 3.05) is 65.6 Å². The zero-order chi connectivity index (χ0) is 24.5. The number of aromatic nitrogens is 1. The zero-order valence-electron chi connectivity index (χ0n) is 21.3. The number of aryl methyl sites for hydroxylation is 2. The van der Waals surface area contributed by atoms with Gasteiger partial charge in [-0.25, -0.2) is 0 Å². The first-order valence-electron chi connectivity index (χ1n) is 12.6. The molecule has 1 saturated heterocycles. The van der Waals surface area contributed by atoms with Crippen LogP contribution in [0.1, 0.15) is 37.0 Å². The van der Waals surface area contributed by atoms with Gasteiger partial charge in [0.05, 0.1) is 25.3 Å². The maximum absolute atomic E-state index is 13.0. The molecule has 34 heavy (non-hydrogen) atoms. The summed E-state index contributed by atoms with van der Waals surface area (Å²) in [7, 11) is 0. The van der Waals surface area contributed by atoms with Gasteiger partial charge in [-0.3, -0.25) is 9.69 Å². The number of hydrogen-bond donors (Lipinski definition) is 2. The number of thiocarbonyl (C=S) groups is 1. The SMILES string of the molecule is CCN(CC)CCCNC(=S)N(CCN1CCOCC1)Cc1cc2c(C)ccc(C)c2[nH]c1=O. The van der Waals surface area contributed by atoms with E-state index < -0.39 is 0 Å². The molecule has 0 spiro atoms. The van der Waals surface area contributed by atoms with Gasteiger partial charge in [0.25, 0.3) is 5.56 Å². The zero-order valence-corrected chi connectivity index (χ0v) is 22.1. The lowest BCUT2D eigenvalue weighted by atomic mass is 10.0. The number of morpholine rings is 1. The highest BCUT2D eigenvalue weighted by molar-refractivity contribution is 7.80. The molecule has 0 bridgehead atoms. The second kappa shape index (κ2) is 13.2. The fraction of sp³-hybridized carbons (Fsp3) is 0.615. The van der Waals surface area contributed by atoms with Gasteiger partial charge in [0.15, 0.2) is 5.11 Å². The van der Waals surface area contributed by atoms with Crippen LogP contribution in [0.5, 0.6) is 0 Å². The van der Waals surface area contributed by atoms with Crippen LogP contribution in [0.4, 0.5) is 0 Å². The van der Waals surface area contributed by atoms with E-state index in [1.54, 1.807) is 0 Å². The standard InChI is InChI=1S/C26H41N5O2S/c1-5-29(6-2)11-7-10-27-26(34)31(13-12-30-14-16-33-17-15-30)19-22-18-23-20(3)8-9-21(4)24(23)28-25(22)32/h8-9,18H,5-7,10-17,19H2,1-4H3,(H,27,34)(H,28,32). The van der Waals surface area contributed by atoms with Gasteiger partial charge in [-0.1, -0.05) is 26.0 Å². The summed E-state index contributed by atoms with van der Waals surface area (Å²) < 4.78 is 5.49. The molecule has 1 aliphatic heterocycles. The van der Waals surface area contributed by atoms with Gasteiger partial charge < -0.3 is 24.8 Å². The van der Waals surface area contributed by atoms with Crippen molar-refractivity contribution in [3.05, 3.63) is 45.2 Å². The predicted molar refractivity (Wildman–Crippen MR) is 145 cm³/mol. The number of pyridine rings is 1. The van der Waals surface area contributed by atoms with Crippen molar-refractivity contribution in [2.45, 2.75) is 40.7 Å². The lowest BCUT2D eigenvalue weighted by Crippen LogP contribution is -2.46. The molecule has 2 N–H and O–H groups in total. The number of ether oxygens (including phenoxy) is 1. The summed E-state index contributed by atoms with van der Waals surface area (Å²) in [4.78, 5) is 23.1. The Labute approximate surface area is 209 Å². The van der Waals surface area contributed by atoms with E-state index in [0.29, 0.717) is 11.7 Å². The lowest BCUT2D eigenvalue weighted by Gasteiger charge is -2.31. The summed E-state index contributed by atoms with van der Waals surface area (Å²) >= 11 is 5.81. The summed E-state index contributed by atoms with van der Waals surface area (Å²) in [6, 6.07) is 6.21. The molecule has 7 nitrogen and oxygen atoms in total. The van der Waals surface area contributed by atoms with Gasteiger partial charge in [0.1, 0.15) is 0 Å². The number of fused-ring (bicyclic) bond motifs is 1. The summed E-state index contributed by atoms with van der Waals surface area (Å²) in [6.07, 6.45) is 1.04. The Hall–Kier alpha value is -2.00. The van der Waals surface area contributed by atoms with Crippen molar-refractivity contribution >= 4 is 28.2 Å². The maximum atomic E-state index is 13.0. The van der Waals surface area contributed by atoms with Crippen molar-refractivity contribution in [2.24, 2.45) is 0 Å². The highest BCUT2D eigenvalue weighted by Gasteiger charge is 2.17. The molecule has 2 heterocycles. The topological polar surface area (TPSA) is 63.8 Å². The van der Waals surface area contributed by atoms with Crippen LogP contribution in [0, 0.1) is 13.8 Å². The van der Waals surface area contributed by atoms with Crippen LogP contribution in [-0.4, -0.2) is 90.4 Å². The number of rotatable bonds is 11. The monoisotopic (exact) mass is 487 g/mol. The summed E-state index contributed by atoms with van der Waals surface area (Å²) in [5, 5.41) is 5.26. The molecular weight excluding hydrogens is 446 g/mol. The van der Waals surface area contributed by atoms with Crippen LogP contribution in [-0.2, 0) is 11.3 Å². The van der Waals surface area contributed by atoms with E-state index in [2.05, 4.69) is 57.9 Å². The molecule has 0 unspecified atom stereocenters. The van der Waals surface area contributed by atoms with Crippen LogP contribution in [0.25, 0.3) is 10.9 Å². The molecule has 188 valence electrons. The largest absolute Gasteiger partial charge is 0.379 e. The number of nitrogens with one attached hydrogen (secondary N) is 2. The van der Waals surface area contributed by atoms with E-state index in [0.717, 1.165) is 99.6 Å². The normalized spacial score (nSPS) is 14.6. The van der Waals surface area contributed by atoms with Crippen LogP contribution < -0.4 is 10.9 Å². The van der Waals surface area contributed by atoms with Crippen molar-refractivity contribution in [1.82, 2.24) is 25.0 Å². The van der Waals surface area contributed by atoms with E-state index in [1.807, 2.05) is 13.0 Å². The quantitative estimate of drug-likeness (QED) is 0.373. The molecular formula is C26H41N5O2S. The highest BCUT2D eigenvalue weighted by Crippen LogP contribution is 2.20. The molecule has 1 aromatic carbocycles. The molecule has 2 aromatic rings. The van der Waals surface area contributed by atoms with E-state index in [4.69, 9.17) is 17.0 Å². The van der Waals surface area contributed by atoms with Gasteiger partial charge in [0, 0.05) is 43.7 Å². The first kappa shape index (κ1) is 26.6. The second-order valence-corrected chi connectivity index (χ2v) is 9.49.